The quantitative estimate of drug-likeness (QED) is 0.0159. The van der Waals surface area contributed by atoms with Gasteiger partial charge in [0, 0.05) is 77.8 Å². The van der Waals surface area contributed by atoms with Gasteiger partial charge >= 0.3 is 11.9 Å². The summed E-state index contributed by atoms with van der Waals surface area (Å²) in [5.74, 6) is -26.4. The van der Waals surface area contributed by atoms with Crippen LogP contribution in [0.1, 0.15) is 122 Å². The second-order valence-corrected chi connectivity index (χ2v) is 34.9. The van der Waals surface area contributed by atoms with E-state index in [-0.39, 0.29) is 43.9 Å². The second-order valence-electron chi connectivity index (χ2n) is 34.2. The number of carbonyl (C=O) groups is 21. The standard InChI is InChI=1S/C90H122N22O24S2/c1-43(2)28-57(79(124)108-65(90(135)136)29-44(3)4)102-82(127)63(36-70(94)116)106-87(132)67(42-138)110-89(134)75(46(7)113)112-85(130)61(33-50-39-97-55-25-17-15-23-52(50)55)105-78(123)56(26-27-68(92)114)100-81(126)62(35-69(93)115)99-72(118)40-98-77(122)58(30-47-18-10-8-11-19-47)103-80(125)59(31-48-20-12-9-13-21-48)104-83(128)64(37-71(95)117)107-86(131)66(41-137)109-88(133)74(45(5)6)111-84(129)60(101-76(121)53(91)34-73(119)120)32-49-38-96-54-24-16-14-22-51(49)54/h8-25,38-39,43-46,53,56-67,74-75,96-97,113,137-138H,26-37,40-42,91H2,1-7H3,(H2,92,114)(H2,93,115)(H2,94,116)(H2,95,117)(H,98,122)(H,99,118)(H,100,126)(H,101,121)(H,102,127)(H,103,125)(H,104,128)(H,105,123)(H,106,132)(H,107,131)(H,108,124)(H,109,133)(H,110,134)(H,111,129)(H,112,130)(H,119,120)(H,135,136)/t46-,53+,56+,57+,58+,59+,60+,61+,62+,63+,64+,65+,66+,67+,74+,75+/m1/s1. The predicted molar refractivity (Wildman–Crippen MR) is 505 cm³/mol. The van der Waals surface area contributed by atoms with E-state index in [4.69, 9.17) is 28.7 Å². The van der Waals surface area contributed by atoms with Gasteiger partial charge in [-0.3, -0.25) is 95.9 Å². The van der Waals surface area contributed by atoms with Crippen molar-refractivity contribution in [1.82, 2.24) is 89.7 Å². The molecule has 16 atom stereocenters. The molecule has 0 aliphatic heterocycles. The molecule has 6 aromatic rings. The molecule has 2 aromatic heterocycles. The second kappa shape index (κ2) is 54.9. The van der Waals surface area contributed by atoms with Crippen molar-refractivity contribution in [3.63, 3.8) is 0 Å². The summed E-state index contributed by atoms with van der Waals surface area (Å²) in [4.78, 5) is 294. The van der Waals surface area contributed by atoms with E-state index in [9.17, 15) is 116 Å². The molecule has 0 spiro atoms. The van der Waals surface area contributed by atoms with Crippen molar-refractivity contribution in [3.05, 3.63) is 144 Å². The molecule has 748 valence electrons. The molecule has 30 N–H and O–H groups in total. The van der Waals surface area contributed by atoms with Gasteiger partial charge in [-0.25, -0.2) is 4.79 Å². The number of rotatable bonds is 58. The van der Waals surface area contributed by atoms with Crippen LogP contribution in [-0.4, -0.2) is 264 Å². The molecule has 0 fully saturated rings. The highest BCUT2D eigenvalue weighted by molar-refractivity contribution is 7.80. The Bertz CT molecular complexity index is 5350. The number of hydrogen-bond donors (Lipinski definition) is 27. The van der Waals surface area contributed by atoms with Gasteiger partial charge in [-0.1, -0.05) is 139 Å². The first-order valence-corrected chi connectivity index (χ1v) is 45.4. The van der Waals surface area contributed by atoms with E-state index in [1.54, 1.807) is 157 Å². The molecule has 138 heavy (non-hydrogen) atoms. The molecular formula is C90H122N22O24S2. The van der Waals surface area contributed by atoms with E-state index in [1.807, 2.05) is 0 Å². The van der Waals surface area contributed by atoms with Crippen LogP contribution in [0.25, 0.3) is 21.8 Å². The Labute approximate surface area is 803 Å². The van der Waals surface area contributed by atoms with Crippen LogP contribution < -0.4 is 108 Å². The summed E-state index contributed by atoms with van der Waals surface area (Å²) in [6, 6.07) is 4.19. The van der Waals surface area contributed by atoms with Crippen molar-refractivity contribution in [2.24, 2.45) is 46.4 Å². The van der Waals surface area contributed by atoms with Crippen molar-refractivity contribution in [2.75, 3.05) is 18.1 Å². The summed E-state index contributed by atoms with van der Waals surface area (Å²) in [7, 11) is 0. The SMILES string of the molecule is CC(C)C[C@H](NC(=O)[C@H](CC(C)C)NC(=O)[C@H](CC(N)=O)NC(=O)[C@H](CS)NC(=O)[C@@H](NC(=O)[C@H](Cc1c[nH]c2ccccc12)NC(=O)[C@H](CCC(N)=O)NC(=O)[C@H](CC(N)=O)NC(=O)CNC(=O)[C@H](Cc1ccccc1)NC(=O)[C@H](Cc1ccccc1)NC(=O)[C@H](CC(N)=O)NC(=O)[C@H](CS)NC(=O)[C@@H](NC(=O)[C@H](Cc1c[nH]c2ccccc12)NC(=O)[C@@H](N)CC(=O)O)C(C)C)[C@@H](C)O)C(=O)O. The van der Waals surface area contributed by atoms with E-state index in [0.717, 1.165) is 6.92 Å². The van der Waals surface area contributed by atoms with Crippen LogP contribution in [-0.2, 0) is 126 Å². The number of benzene rings is 4. The summed E-state index contributed by atoms with van der Waals surface area (Å²) >= 11 is 8.47. The van der Waals surface area contributed by atoms with E-state index in [0.29, 0.717) is 44.1 Å². The zero-order chi connectivity index (χ0) is 102. The molecule has 0 unspecified atom stereocenters. The lowest BCUT2D eigenvalue weighted by molar-refractivity contribution is -0.143. The van der Waals surface area contributed by atoms with Gasteiger partial charge in [-0.05, 0) is 78.3 Å². The minimum Gasteiger partial charge on any atom is -0.481 e. The molecular weight excluding hydrogens is 1840 g/mol. The van der Waals surface area contributed by atoms with Gasteiger partial charge in [0.2, 0.25) is 112 Å². The third-order valence-electron chi connectivity index (χ3n) is 21.5. The number of thiol groups is 2. The third kappa shape index (κ3) is 36.6. The van der Waals surface area contributed by atoms with E-state index in [1.165, 1.54) is 6.20 Å². The Morgan fingerprint density at radius 2 is 0.667 bits per heavy atom. The fourth-order valence-corrected chi connectivity index (χ4v) is 14.9. The highest BCUT2D eigenvalue weighted by atomic mass is 32.1. The Morgan fingerprint density at radius 1 is 0.341 bits per heavy atom. The average Bonchev–Trinajstić information content (AvgIpc) is 1.68. The maximum Gasteiger partial charge on any atom is 0.326 e. The van der Waals surface area contributed by atoms with Crippen LogP contribution in [0.4, 0.5) is 0 Å². The van der Waals surface area contributed by atoms with E-state index in [2.05, 4.69) is 115 Å². The monoisotopic (exact) mass is 1960 g/mol. The number of carbonyl (C=O) groups excluding carboxylic acids is 19. The third-order valence-corrected chi connectivity index (χ3v) is 22.2. The minimum absolute atomic E-state index is 0.0252. The molecule has 4 aromatic carbocycles. The van der Waals surface area contributed by atoms with Crippen LogP contribution in [0.2, 0.25) is 0 Å². The van der Waals surface area contributed by atoms with Gasteiger partial charge in [-0.15, -0.1) is 0 Å². The number of nitrogens with one attached hydrogen (secondary N) is 17. The number of aliphatic hydroxyl groups excluding tert-OH is 1. The van der Waals surface area contributed by atoms with Crippen molar-refractivity contribution in [2.45, 2.75) is 222 Å². The molecule has 46 nitrogen and oxygen atoms in total. The number of H-pyrrole nitrogens is 2. The molecule has 2 heterocycles. The maximum atomic E-state index is 14.9. The number of carboxylic acids is 2. The molecule has 6 rings (SSSR count). The van der Waals surface area contributed by atoms with Gasteiger partial charge in [0.1, 0.15) is 84.6 Å². The number of aromatic amines is 2. The first-order chi connectivity index (χ1) is 65.1. The van der Waals surface area contributed by atoms with Gasteiger partial charge in [-0.2, -0.15) is 25.3 Å². The minimum atomic E-state index is -2.01. The number of hydrogen-bond acceptors (Lipinski definition) is 25. The Balaban J connectivity index is 1.19. The van der Waals surface area contributed by atoms with Crippen molar-refractivity contribution >= 4 is 171 Å². The number of aromatic nitrogens is 2. The number of primary amides is 4. The largest absolute Gasteiger partial charge is 0.481 e. The number of nitrogens with two attached hydrogens (primary N) is 5. The topological polar surface area (TPSA) is 761 Å². The number of para-hydroxylation sites is 2. The van der Waals surface area contributed by atoms with Crippen molar-refractivity contribution in [3.8, 4) is 0 Å². The van der Waals surface area contributed by atoms with Gasteiger partial charge in [0.25, 0.3) is 0 Å². The molecule has 0 bridgehead atoms. The Kier molecular flexibility index (Phi) is 44.6. The summed E-state index contributed by atoms with van der Waals surface area (Å²) in [5, 5.41) is 67.7. The average molecular weight is 1960 g/mol. The van der Waals surface area contributed by atoms with Crippen LogP contribution in [0.5, 0.6) is 0 Å². The number of fused-ring (bicyclic) bond motifs is 2. The number of carboxylic acid groups (broad SMARTS) is 2. The van der Waals surface area contributed by atoms with E-state index < -0.39 is 290 Å². The molecule has 0 aliphatic carbocycles. The zero-order valence-electron chi connectivity index (χ0n) is 76.8. The molecule has 0 radical (unpaired) electrons. The van der Waals surface area contributed by atoms with Crippen LogP contribution in [0.3, 0.4) is 0 Å². The zero-order valence-corrected chi connectivity index (χ0v) is 78.6. The predicted octanol–water partition coefficient (Wildman–Crippen LogP) is -5.41. The normalized spacial score (nSPS) is 14.7. The lowest BCUT2D eigenvalue weighted by Gasteiger charge is -2.28. The van der Waals surface area contributed by atoms with Crippen molar-refractivity contribution in [1.29, 1.82) is 0 Å². The summed E-state index contributed by atoms with van der Waals surface area (Å²) in [6.07, 6.45) is -4.96. The van der Waals surface area contributed by atoms with Crippen LogP contribution in [0.15, 0.2) is 122 Å². The number of aliphatic carboxylic acids is 2. The smallest absolute Gasteiger partial charge is 0.326 e. The fraction of sp³-hybridized carbons (Fsp3) is 0.456. The highest BCUT2D eigenvalue weighted by Gasteiger charge is 2.41. The molecule has 19 amide bonds. The number of aliphatic hydroxyl groups is 1. The maximum absolute atomic E-state index is 14.9. The van der Waals surface area contributed by atoms with Crippen molar-refractivity contribution < 1.29 is 116 Å². The van der Waals surface area contributed by atoms with Gasteiger partial charge in [0.05, 0.1) is 44.4 Å². The summed E-state index contributed by atoms with van der Waals surface area (Å²) in [6.45, 7) is 9.97. The Morgan fingerprint density at radius 3 is 1.07 bits per heavy atom. The summed E-state index contributed by atoms with van der Waals surface area (Å²) < 4.78 is 0. The Hall–Kier alpha value is -14.6. The first-order valence-electron chi connectivity index (χ1n) is 44.1. The van der Waals surface area contributed by atoms with E-state index >= 15 is 0 Å². The number of amides is 19. The lowest BCUT2D eigenvalue weighted by atomic mass is 10.00. The highest BCUT2D eigenvalue weighted by Crippen LogP contribution is 2.23. The van der Waals surface area contributed by atoms with Gasteiger partial charge < -0.3 is 134 Å². The van der Waals surface area contributed by atoms with Gasteiger partial charge in [0.15, 0.2) is 0 Å². The molecule has 0 aliphatic rings. The molecule has 0 saturated heterocycles. The molecule has 0 saturated carbocycles. The summed E-state index contributed by atoms with van der Waals surface area (Å²) in [5.41, 5.74) is 31.1. The van der Waals surface area contributed by atoms with Crippen LogP contribution >= 0.6 is 25.3 Å². The molecule has 48 heteroatoms. The fourth-order valence-electron chi connectivity index (χ4n) is 14.4. The van der Waals surface area contributed by atoms with Crippen LogP contribution in [0, 0.1) is 17.8 Å². The first kappa shape index (κ1) is 112. The lowest BCUT2D eigenvalue weighted by Crippen LogP contribution is -2.62.